The predicted molar refractivity (Wildman–Crippen MR) is 113 cm³/mol. The highest BCUT2D eigenvalue weighted by atomic mass is 35.5. The van der Waals surface area contributed by atoms with Crippen molar-refractivity contribution >= 4 is 23.1 Å². The molecule has 3 rings (SSSR count). The van der Waals surface area contributed by atoms with Crippen molar-refractivity contribution < 1.29 is 14.3 Å². The first-order valence-electron chi connectivity index (χ1n) is 9.86. The van der Waals surface area contributed by atoms with Crippen molar-refractivity contribution in [3.8, 4) is 11.1 Å². The molecule has 3 aromatic rings. The molecule has 154 valence electrons. The number of pyridine rings is 1. The van der Waals surface area contributed by atoms with Gasteiger partial charge in [0, 0.05) is 42.7 Å². The lowest BCUT2D eigenvalue weighted by Gasteiger charge is -2.17. The first-order valence-corrected chi connectivity index (χ1v) is 10.2. The molecule has 0 N–H and O–H groups in total. The second-order valence-electron chi connectivity index (χ2n) is 6.76. The standard InChI is InChI=1S/C22H26ClN3O3/c1-4-17-9-10-20-22(15-11-16(23)13-24-12-15)18(7-6-8-21(27)29-5-2)19(14-28-3)25-26(17)20/h9-13H,4-8,14H2,1-3H3. The Morgan fingerprint density at radius 3 is 2.76 bits per heavy atom. The fraction of sp³-hybridized carbons (Fsp3) is 0.409. The van der Waals surface area contributed by atoms with Crippen molar-refractivity contribution in [3.63, 3.8) is 0 Å². The number of carbonyl (C=O) groups excluding carboxylic acids is 1. The predicted octanol–water partition coefficient (Wildman–Crippen LogP) is 4.64. The summed E-state index contributed by atoms with van der Waals surface area (Å²) in [5.74, 6) is -0.184. The lowest BCUT2D eigenvalue weighted by molar-refractivity contribution is -0.143. The smallest absolute Gasteiger partial charge is 0.305 e. The summed E-state index contributed by atoms with van der Waals surface area (Å²) in [6.07, 6.45) is 6.00. The summed E-state index contributed by atoms with van der Waals surface area (Å²) in [5, 5.41) is 5.44. The van der Waals surface area contributed by atoms with Crippen molar-refractivity contribution in [2.45, 2.75) is 46.1 Å². The van der Waals surface area contributed by atoms with Crippen molar-refractivity contribution in [1.82, 2.24) is 14.6 Å². The molecule has 0 atom stereocenters. The van der Waals surface area contributed by atoms with E-state index in [9.17, 15) is 4.79 Å². The van der Waals surface area contributed by atoms with E-state index in [0.717, 1.165) is 40.0 Å². The van der Waals surface area contributed by atoms with Crippen LogP contribution in [-0.2, 0) is 33.7 Å². The summed E-state index contributed by atoms with van der Waals surface area (Å²) < 4.78 is 12.5. The Labute approximate surface area is 175 Å². The maximum absolute atomic E-state index is 11.8. The van der Waals surface area contributed by atoms with Gasteiger partial charge >= 0.3 is 5.97 Å². The van der Waals surface area contributed by atoms with Gasteiger partial charge in [-0.25, -0.2) is 4.52 Å². The van der Waals surface area contributed by atoms with Gasteiger partial charge < -0.3 is 9.47 Å². The van der Waals surface area contributed by atoms with E-state index in [4.69, 9.17) is 26.2 Å². The Morgan fingerprint density at radius 1 is 1.24 bits per heavy atom. The molecule has 6 nitrogen and oxygen atoms in total. The maximum atomic E-state index is 11.8. The Kier molecular flexibility index (Phi) is 7.23. The van der Waals surface area contributed by atoms with Crippen LogP contribution < -0.4 is 0 Å². The molecule has 0 fully saturated rings. The maximum Gasteiger partial charge on any atom is 0.305 e. The number of aromatic nitrogens is 3. The van der Waals surface area contributed by atoms with Gasteiger partial charge in [-0.05, 0) is 49.9 Å². The lowest BCUT2D eigenvalue weighted by atomic mass is 9.95. The van der Waals surface area contributed by atoms with Crippen LogP contribution in [0.1, 0.15) is 43.6 Å². The van der Waals surface area contributed by atoms with E-state index in [0.29, 0.717) is 37.5 Å². The molecule has 0 amide bonds. The Balaban J connectivity index is 2.13. The van der Waals surface area contributed by atoms with Crippen LogP contribution in [0.2, 0.25) is 5.02 Å². The Morgan fingerprint density at radius 2 is 2.07 bits per heavy atom. The number of ether oxygens (including phenoxy) is 2. The van der Waals surface area contributed by atoms with Crippen LogP contribution in [0.15, 0.2) is 30.6 Å². The van der Waals surface area contributed by atoms with E-state index < -0.39 is 0 Å². The molecule has 3 aromatic heterocycles. The number of rotatable bonds is 9. The third-order valence-electron chi connectivity index (χ3n) is 4.81. The molecule has 0 aliphatic rings. The summed E-state index contributed by atoms with van der Waals surface area (Å²) in [7, 11) is 1.66. The summed E-state index contributed by atoms with van der Waals surface area (Å²) in [6.45, 7) is 4.69. The lowest BCUT2D eigenvalue weighted by Crippen LogP contribution is -2.11. The minimum Gasteiger partial charge on any atom is -0.466 e. The first kappa shape index (κ1) is 21.3. The molecule has 0 saturated heterocycles. The molecule has 7 heteroatoms. The molecule has 0 aliphatic heterocycles. The quantitative estimate of drug-likeness (QED) is 0.476. The number of hydrogen-bond acceptors (Lipinski definition) is 5. The SMILES string of the molecule is CCOC(=O)CCCc1c(COC)nn2c(CC)ccc2c1-c1cncc(Cl)c1. The highest BCUT2D eigenvalue weighted by molar-refractivity contribution is 6.30. The fourth-order valence-electron chi connectivity index (χ4n) is 3.56. The zero-order valence-electron chi connectivity index (χ0n) is 17.1. The average molecular weight is 416 g/mol. The molecule has 0 aromatic carbocycles. The number of fused-ring (bicyclic) bond motifs is 1. The van der Waals surface area contributed by atoms with Crippen LogP contribution in [0.4, 0.5) is 0 Å². The zero-order valence-corrected chi connectivity index (χ0v) is 17.8. The van der Waals surface area contributed by atoms with Gasteiger partial charge in [0.05, 0.1) is 29.4 Å². The molecule has 0 radical (unpaired) electrons. The van der Waals surface area contributed by atoms with Gasteiger partial charge in [0.15, 0.2) is 0 Å². The fourth-order valence-corrected chi connectivity index (χ4v) is 3.74. The third-order valence-corrected chi connectivity index (χ3v) is 5.02. The van der Waals surface area contributed by atoms with Gasteiger partial charge in [0.25, 0.3) is 0 Å². The number of halogens is 1. The second kappa shape index (κ2) is 9.85. The van der Waals surface area contributed by atoms with Crippen LogP contribution in [-0.4, -0.2) is 34.3 Å². The average Bonchev–Trinajstić information content (AvgIpc) is 3.11. The minimum absolute atomic E-state index is 0.184. The van der Waals surface area contributed by atoms with E-state index in [2.05, 4.69) is 24.0 Å². The Bertz CT molecular complexity index is 1000. The van der Waals surface area contributed by atoms with Gasteiger partial charge in [-0.15, -0.1) is 0 Å². The topological polar surface area (TPSA) is 65.7 Å². The van der Waals surface area contributed by atoms with Crippen molar-refractivity contribution in [3.05, 3.63) is 52.6 Å². The van der Waals surface area contributed by atoms with Gasteiger partial charge in [0.2, 0.25) is 0 Å². The number of hydrogen-bond donors (Lipinski definition) is 0. The highest BCUT2D eigenvalue weighted by Gasteiger charge is 2.19. The van der Waals surface area contributed by atoms with Crippen LogP contribution in [0.3, 0.4) is 0 Å². The minimum atomic E-state index is -0.184. The van der Waals surface area contributed by atoms with E-state index in [1.54, 1.807) is 13.3 Å². The summed E-state index contributed by atoms with van der Waals surface area (Å²) in [5.41, 5.74) is 5.97. The van der Waals surface area contributed by atoms with Gasteiger partial charge in [-0.3, -0.25) is 9.78 Å². The summed E-state index contributed by atoms with van der Waals surface area (Å²) >= 11 is 6.24. The van der Waals surface area contributed by atoms with Crippen LogP contribution in [0.5, 0.6) is 0 Å². The second-order valence-corrected chi connectivity index (χ2v) is 7.20. The molecule has 0 saturated carbocycles. The van der Waals surface area contributed by atoms with Crippen molar-refractivity contribution in [1.29, 1.82) is 0 Å². The van der Waals surface area contributed by atoms with E-state index in [-0.39, 0.29) is 5.97 Å². The Hall–Kier alpha value is -2.44. The monoisotopic (exact) mass is 415 g/mol. The van der Waals surface area contributed by atoms with Gasteiger partial charge in [-0.1, -0.05) is 18.5 Å². The van der Waals surface area contributed by atoms with Gasteiger partial charge in [0.1, 0.15) is 0 Å². The van der Waals surface area contributed by atoms with E-state index >= 15 is 0 Å². The molecular formula is C22H26ClN3O3. The molecule has 0 bridgehead atoms. The van der Waals surface area contributed by atoms with Crippen LogP contribution in [0.25, 0.3) is 16.6 Å². The molecular weight excluding hydrogens is 390 g/mol. The number of nitrogens with zero attached hydrogens (tertiary/aromatic N) is 3. The number of aryl methyl sites for hydroxylation is 1. The normalized spacial score (nSPS) is 11.2. The molecule has 0 unspecified atom stereocenters. The van der Waals surface area contributed by atoms with Crippen molar-refractivity contribution in [2.24, 2.45) is 0 Å². The third kappa shape index (κ3) is 4.77. The van der Waals surface area contributed by atoms with Crippen LogP contribution in [0, 0.1) is 0 Å². The number of esters is 1. The first-order chi connectivity index (χ1) is 14.1. The van der Waals surface area contributed by atoms with E-state index in [1.807, 2.05) is 23.7 Å². The highest BCUT2D eigenvalue weighted by Crippen LogP contribution is 2.33. The van der Waals surface area contributed by atoms with E-state index in [1.165, 1.54) is 0 Å². The molecule has 0 spiro atoms. The number of carbonyl (C=O) groups is 1. The molecule has 0 aliphatic carbocycles. The molecule has 29 heavy (non-hydrogen) atoms. The van der Waals surface area contributed by atoms with Gasteiger partial charge in [-0.2, -0.15) is 5.10 Å². The molecule has 3 heterocycles. The largest absolute Gasteiger partial charge is 0.466 e. The van der Waals surface area contributed by atoms with Crippen molar-refractivity contribution in [2.75, 3.05) is 13.7 Å². The summed E-state index contributed by atoms with van der Waals surface area (Å²) in [4.78, 5) is 16.1. The number of methoxy groups -OCH3 is 1. The summed E-state index contributed by atoms with van der Waals surface area (Å²) in [6, 6.07) is 6.07. The zero-order chi connectivity index (χ0) is 20.8. The van der Waals surface area contributed by atoms with Crippen LogP contribution >= 0.6 is 11.6 Å².